The predicted molar refractivity (Wildman–Crippen MR) is 90.0 cm³/mol. The molecular weight excluding hydrogens is 312 g/mol. The van der Waals surface area contributed by atoms with Crippen LogP contribution in [0.15, 0.2) is 65.6 Å². The van der Waals surface area contributed by atoms with Gasteiger partial charge in [0.15, 0.2) is 0 Å². The van der Waals surface area contributed by atoms with E-state index in [0.717, 1.165) is 10.5 Å². The van der Waals surface area contributed by atoms with Gasteiger partial charge in [-0.25, -0.2) is 0 Å². The fourth-order valence-electron chi connectivity index (χ4n) is 2.00. The number of carbonyl (C=O) groups excluding carboxylic acids is 1. The standard InChI is InChI=1S/C18H20O4S/c19-11-17(20)16(13-23-15-9-5-2-6-10-15)18(21)22-12-14-7-3-1-4-8-14/h1-10,16-17,19-20H,11-13H2/t16-,17-/m1/s1. The average Bonchev–Trinajstić information content (AvgIpc) is 2.61. The summed E-state index contributed by atoms with van der Waals surface area (Å²) < 4.78 is 5.28. The summed E-state index contributed by atoms with van der Waals surface area (Å²) in [5, 5.41) is 19.1. The molecule has 0 aliphatic heterocycles. The monoisotopic (exact) mass is 332 g/mol. The molecule has 0 saturated carbocycles. The third-order valence-electron chi connectivity index (χ3n) is 3.35. The predicted octanol–water partition coefficient (Wildman–Crippen LogP) is 2.49. The Morgan fingerprint density at radius 2 is 1.65 bits per heavy atom. The lowest BCUT2D eigenvalue weighted by molar-refractivity contribution is -0.153. The highest BCUT2D eigenvalue weighted by Gasteiger charge is 2.28. The molecule has 0 fully saturated rings. The highest BCUT2D eigenvalue weighted by Crippen LogP contribution is 2.23. The summed E-state index contributed by atoms with van der Waals surface area (Å²) in [4.78, 5) is 13.2. The maximum atomic E-state index is 12.2. The summed E-state index contributed by atoms with van der Waals surface area (Å²) in [5.41, 5.74) is 0.883. The fourth-order valence-corrected chi connectivity index (χ4v) is 3.08. The molecule has 0 unspecified atom stereocenters. The van der Waals surface area contributed by atoms with Crippen LogP contribution in [-0.2, 0) is 16.1 Å². The Kier molecular flexibility index (Phi) is 7.13. The highest BCUT2D eigenvalue weighted by molar-refractivity contribution is 7.99. The normalized spacial score (nSPS) is 13.3. The van der Waals surface area contributed by atoms with Crippen molar-refractivity contribution in [2.45, 2.75) is 17.6 Å². The van der Waals surface area contributed by atoms with Crippen LogP contribution in [0, 0.1) is 5.92 Å². The van der Waals surface area contributed by atoms with E-state index in [4.69, 9.17) is 9.84 Å². The lowest BCUT2D eigenvalue weighted by atomic mass is 10.1. The minimum atomic E-state index is -1.13. The number of carbonyl (C=O) groups is 1. The zero-order chi connectivity index (χ0) is 16.5. The molecule has 2 atom stereocenters. The van der Waals surface area contributed by atoms with Gasteiger partial charge >= 0.3 is 5.97 Å². The van der Waals surface area contributed by atoms with E-state index in [1.807, 2.05) is 60.7 Å². The summed E-state index contributed by atoms with van der Waals surface area (Å²) in [6.45, 7) is -0.315. The topological polar surface area (TPSA) is 66.8 Å². The Hall–Kier alpha value is -1.82. The second kappa shape index (κ2) is 9.35. The molecule has 2 rings (SSSR count). The average molecular weight is 332 g/mol. The van der Waals surface area contributed by atoms with Crippen LogP contribution in [0.5, 0.6) is 0 Å². The van der Waals surface area contributed by atoms with Gasteiger partial charge < -0.3 is 14.9 Å². The lowest BCUT2D eigenvalue weighted by Crippen LogP contribution is -2.34. The summed E-state index contributed by atoms with van der Waals surface area (Å²) in [5.74, 6) is -0.924. The van der Waals surface area contributed by atoms with Crippen molar-refractivity contribution in [2.75, 3.05) is 12.4 Å². The van der Waals surface area contributed by atoms with E-state index in [2.05, 4.69) is 0 Å². The number of benzene rings is 2. The number of hydrogen-bond donors (Lipinski definition) is 2. The van der Waals surface area contributed by atoms with E-state index >= 15 is 0 Å². The first-order valence-corrected chi connectivity index (χ1v) is 8.36. The van der Waals surface area contributed by atoms with Crippen LogP contribution in [0.1, 0.15) is 5.56 Å². The second-order valence-electron chi connectivity index (χ2n) is 5.07. The van der Waals surface area contributed by atoms with Crippen LogP contribution >= 0.6 is 11.8 Å². The molecule has 2 aromatic carbocycles. The van der Waals surface area contributed by atoms with Crippen molar-refractivity contribution in [3.63, 3.8) is 0 Å². The molecule has 0 aliphatic carbocycles. The molecule has 2 N–H and O–H groups in total. The van der Waals surface area contributed by atoms with Gasteiger partial charge in [-0.15, -0.1) is 11.8 Å². The quantitative estimate of drug-likeness (QED) is 0.574. The van der Waals surface area contributed by atoms with Crippen molar-refractivity contribution < 1.29 is 19.7 Å². The van der Waals surface area contributed by atoms with Gasteiger partial charge in [0, 0.05) is 10.6 Å². The molecule has 0 amide bonds. The molecule has 0 heterocycles. The van der Waals surface area contributed by atoms with Crippen LogP contribution in [0.4, 0.5) is 0 Å². The van der Waals surface area contributed by atoms with Gasteiger partial charge in [0.05, 0.1) is 18.6 Å². The number of hydrogen-bond acceptors (Lipinski definition) is 5. The summed E-state index contributed by atoms with van der Waals surface area (Å²) in [7, 11) is 0. The van der Waals surface area contributed by atoms with Gasteiger partial charge in [0.2, 0.25) is 0 Å². The van der Waals surface area contributed by atoms with Gasteiger partial charge in [-0.2, -0.15) is 0 Å². The Morgan fingerprint density at radius 3 is 2.26 bits per heavy atom. The highest BCUT2D eigenvalue weighted by atomic mass is 32.2. The van der Waals surface area contributed by atoms with E-state index in [1.54, 1.807) is 0 Å². The van der Waals surface area contributed by atoms with Crippen molar-refractivity contribution in [3.8, 4) is 0 Å². The van der Waals surface area contributed by atoms with Crippen molar-refractivity contribution in [1.82, 2.24) is 0 Å². The van der Waals surface area contributed by atoms with Crippen LogP contribution in [0.2, 0.25) is 0 Å². The Morgan fingerprint density at radius 1 is 1.04 bits per heavy atom. The molecule has 0 aliphatic rings. The molecule has 0 saturated heterocycles. The first-order valence-electron chi connectivity index (χ1n) is 7.38. The molecule has 4 nitrogen and oxygen atoms in total. The van der Waals surface area contributed by atoms with Crippen LogP contribution in [0.25, 0.3) is 0 Å². The van der Waals surface area contributed by atoms with Gasteiger partial charge in [-0.3, -0.25) is 4.79 Å². The molecule has 5 heteroatoms. The number of rotatable bonds is 8. The van der Waals surface area contributed by atoms with Crippen LogP contribution in [-0.4, -0.2) is 34.6 Å². The van der Waals surface area contributed by atoms with Crippen molar-refractivity contribution in [1.29, 1.82) is 0 Å². The fraction of sp³-hybridized carbons (Fsp3) is 0.278. The number of thioether (sulfide) groups is 1. The van der Waals surface area contributed by atoms with E-state index in [1.165, 1.54) is 11.8 Å². The zero-order valence-corrected chi connectivity index (χ0v) is 13.5. The number of aliphatic hydroxyl groups is 2. The van der Waals surface area contributed by atoms with Gasteiger partial charge in [-0.1, -0.05) is 48.5 Å². The molecule has 23 heavy (non-hydrogen) atoms. The Labute approximate surface area is 140 Å². The zero-order valence-electron chi connectivity index (χ0n) is 12.7. The van der Waals surface area contributed by atoms with Crippen molar-refractivity contribution in [2.24, 2.45) is 5.92 Å². The Bertz CT molecular complexity index is 588. The van der Waals surface area contributed by atoms with Gasteiger partial charge in [-0.05, 0) is 17.7 Å². The third-order valence-corrected chi connectivity index (χ3v) is 4.48. The lowest BCUT2D eigenvalue weighted by Gasteiger charge is -2.19. The first kappa shape index (κ1) is 17.5. The van der Waals surface area contributed by atoms with Gasteiger partial charge in [0.25, 0.3) is 0 Å². The summed E-state index contributed by atoms with van der Waals surface area (Å²) in [6.07, 6.45) is -1.13. The summed E-state index contributed by atoms with van der Waals surface area (Å²) >= 11 is 1.45. The van der Waals surface area contributed by atoms with Gasteiger partial charge in [0.1, 0.15) is 6.61 Å². The Balaban J connectivity index is 1.92. The molecule has 122 valence electrons. The molecule has 0 radical (unpaired) electrons. The molecule has 2 aromatic rings. The van der Waals surface area contributed by atoms with E-state index < -0.39 is 24.6 Å². The smallest absolute Gasteiger partial charge is 0.312 e. The number of aliphatic hydroxyl groups excluding tert-OH is 2. The maximum Gasteiger partial charge on any atom is 0.312 e. The van der Waals surface area contributed by atoms with Crippen molar-refractivity contribution in [3.05, 3.63) is 66.2 Å². The molecular formula is C18H20O4S. The van der Waals surface area contributed by atoms with Crippen LogP contribution < -0.4 is 0 Å². The van der Waals surface area contributed by atoms with E-state index in [9.17, 15) is 9.90 Å². The molecule has 0 aromatic heterocycles. The van der Waals surface area contributed by atoms with E-state index in [0.29, 0.717) is 5.75 Å². The molecule has 0 spiro atoms. The maximum absolute atomic E-state index is 12.2. The number of ether oxygens (including phenoxy) is 1. The van der Waals surface area contributed by atoms with Crippen LogP contribution in [0.3, 0.4) is 0 Å². The van der Waals surface area contributed by atoms with E-state index in [-0.39, 0.29) is 6.61 Å². The SMILES string of the molecule is O=C(OCc1ccccc1)[C@H](CSc1ccccc1)[C@H](O)CO. The minimum absolute atomic E-state index is 0.157. The minimum Gasteiger partial charge on any atom is -0.461 e. The van der Waals surface area contributed by atoms with Crippen molar-refractivity contribution >= 4 is 17.7 Å². The largest absolute Gasteiger partial charge is 0.461 e. The number of esters is 1. The first-order chi connectivity index (χ1) is 11.2. The summed E-state index contributed by atoms with van der Waals surface area (Å²) in [6, 6.07) is 19.0. The molecule has 0 bridgehead atoms. The third kappa shape index (κ3) is 5.71. The second-order valence-corrected chi connectivity index (χ2v) is 6.17.